The largest absolute Gasteiger partial charge is 0.456 e. The van der Waals surface area contributed by atoms with E-state index in [0.717, 1.165) is 30.8 Å². The number of rotatable bonds is 8. The fourth-order valence-electron chi connectivity index (χ4n) is 5.29. The number of aryl methyl sites for hydroxylation is 2. The molecule has 0 spiro atoms. The lowest BCUT2D eigenvalue weighted by Crippen LogP contribution is -2.24. The summed E-state index contributed by atoms with van der Waals surface area (Å²) in [7, 11) is 0. The molecule has 0 aliphatic carbocycles. The third kappa shape index (κ3) is 6.61. The summed E-state index contributed by atoms with van der Waals surface area (Å²) in [6.45, 7) is 14.7. The van der Waals surface area contributed by atoms with E-state index in [2.05, 4.69) is 97.4 Å². The second-order valence-corrected chi connectivity index (χ2v) is 12.0. The normalized spacial score (nSPS) is 11.7. The van der Waals surface area contributed by atoms with Crippen molar-refractivity contribution in [2.45, 2.75) is 66.8 Å². The molecule has 0 atom stereocenters. The van der Waals surface area contributed by atoms with Gasteiger partial charge in [-0.05, 0) is 93.1 Å². The molecule has 4 aromatic carbocycles. The van der Waals surface area contributed by atoms with Gasteiger partial charge in [-0.3, -0.25) is 0 Å². The van der Waals surface area contributed by atoms with Crippen molar-refractivity contribution in [2.75, 3.05) is 0 Å². The first-order valence-corrected chi connectivity index (χ1v) is 14.4. The first-order valence-electron chi connectivity index (χ1n) is 14.4. The van der Waals surface area contributed by atoms with E-state index in [4.69, 9.17) is 4.74 Å². The molecular weight excluding hydrogens is 504 g/mol. The van der Waals surface area contributed by atoms with Crippen LogP contribution in [0.2, 0.25) is 0 Å². The Hall–Kier alpha value is -4.15. The SMILES string of the molecule is Cc1ccc(CNCc2ccc3c(c2)c(C)c(C)n3Cc2ccc(-c3ccccc3C(=O)OC(C)(C)C)cc2)cc1. The van der Waals surface area contributed by atoms with Crippen LogP contribution in [0.25, 0.3) is 22.0 Å². The quantitative estimate of drug-likeness (QED) is 0.199. The van der Waals surface area contributed by atoms with Gasteiger partial charge in [0.2, 0.25) is 0 Å². The Bertz CT molecular complexity index is 1670. The van der Waals surface area contributed by atoms with Crippen molar-refractivity contribution in [3.63, 3.8) is 0 Å². The van der Waals surface area contributed by atoms with E-state index < -0.39 is 5.60 Å². The third-order valence-electron chi connectivity index (χ3n) is 7.63. The first-order chi connectivity index (χ1) is 19.6. The third-order valence-corrected chi connectivity index (χ3v) is 7.63. The molecule has 0 aliphatic heterocycles. The topological polar surface area (TPSA) is 43.3 Å². The molecule has 4 nitrogen and oxygen atoms in total. The predicted molar refractivity (Wildman–Crippen MR) is 169 cm³/mol. The molecule has 0 saturated carbocycles. The molecule has 0 radical (unpaired) electrons. The molecule has 4 heteroatoms. The molecule has 5 aromatic rings. The molecule has 0 fully saturated rings. The molecule has 5 rings (SSSR count). The highest BCUT2D eigenvalue weighted by Crippen LogP contribution is 2.29. The van der Waals surface area contributed by atoms with Crippen LogP contribution in [0.1, 0.15) is 64.6 Å². The highest BCUT2D eigenvalue weighted by atomic mass is 16.6. The molecular formula is C37H40N2O2. The van der Waals surface area contributed by atoms with Crippen LogP contribution in [0.5, 0.6) is 0 Å². The van der Waals surface area contributed by atoms with E-state index in [-0.39, 0.29) is 5.97 Å². The number of hydrogen-bond acceptors (Lipinski definition) is 3. The number of nitrogens with one attached hydrogen (secondary N) is 1. The van der Waals surface area contributed by atoms with Gasteiger partial charge in [0.1, 0.15) is 5.60 Å². The highest BCUT2D eigenvalue weighted by Gasteiger charge is 2.20. The first kappa shape index (κ1) is 28.4. The van der Waals surface area contributed by atoms with Crippen LogP contribution in [0.15, 0.2) is 91.0 Å². The molecule has 0 bridgehead atoms. The second kappa shape index (κ2) is 11.8. The summed E-state index contributed by atoms with van der Waals surface area (Å²) in [6.07, 6.45) is 0. The van der Waals surface area contributed by atoms with E-state index >= 15 is 0 Å². The molecule has 41 heavy (non-hydrogen) atoms. The van der Waals surface area contributed by atoms with Gasteiger partial charge in [-0.25, -0.2) is 4.79 Å². The number of carbonyl (C=O) groups excluding carboxylic acids is 1. The molecule has 1 heterocycles. The van der Waals surface area contributed by atoms with Gasteiger partial charge in [0.15, 0.2) is 0 Å². The van der Waals surface area contributed by atoms with Gasteiger partial charge in [0, 0.05) is 36.2 Å². The number of fused-ring (bicyclic) bond motifs is 1. The minimum atomic E-state index is -0.539. The number of carbonyl (C=O) groups is 1. The van der Waals surface area contributed by atoms with E-state index in [1.54, 1.807) is 0 Å². The molecule has 0 aliphatic rings. The van der Waals surface area contributed by atoms with Gasteiger partial charge < -0.3 is 14.6 Å². The molecule has 0 amide bonds. The zero-order valence-electron chi connectivity index (χ0n) is 25.0. The Morgan fingerprint density at radius 1 is 0.780 bits per heavy atom. The van der Waals surface area contributed by atoms with E-state index in [0.29, 0.717) is 5.56 Å². The van der Waals surface area contributed by atoms with Gasteiger partial charge in [-0.15, -0.1) is 0 Å². The highest BCUT2D eigenvalue weighted by molar-refractivity contribution is 5.97. The Kier molecular flexibility index (Phi) is 8.14. The van der Waals surface area contributed by atoms with Crippen LogP contribution in [0.4, 0.5) is 0 Å². The fraction of sp³-hybridized carbons (Fsp3) is 0.270. The monoisotopic (exact) mass is 544 g/mol. The van der Waals surface area contributed by atoms with E-state index in [1.807, 2.05) is 45.0 Å². The molecule has 0 saturated heterocycles. The molecule has 0 unspecified atom stereocenters. The van der Waals surface area contributed by atoms with Crippen molar-refractivity contribution in [1.82, 2.24) is 9.88 Å². The number of ether oxygens (including phenoxy) is 1. The van der Waals surface area contributed by atoms with Crippen LogP contribution in [0.3, 0.4) is 0 Å². The summed E-state index contributed by atoms with van der Waals surface area (Å²) in [5, 5.41) is 4.89. The fourth-order valence-corrected chi connectivity index (χ4v) is 5.29. The van der Waals surface area contributed by atoms with Crippen molar-refractivity contribution in [1.29, 1.82) is 0 Å². The maximum Gasteiger partial charge on any atom is 0.339 e. The molecule has 1 aromatic heterocycles. The summed E-state index contributed by atoms with van der Waals surface area (Å²) in [4.78, 5) is 12.9. The van der Waals surface area contributed by atoms with Crippen molar-refractivity contribution in [2.24, 2.45) is 0 Å². The maximum absolute atomic E-state index is 12.9. The number of esters is 1. The summed E-state index contributed by atoms with van der Waals surface area (Å²) in [5.41, 5.74) is 10.9. The standard InChI is InChI=1S/C37H40N2O2/c1-25-11-13-28(14-12-25)22-38-23-30-17-20-35-34(21-30)26(2)27(3)39(35)24-29-15-18-31(19-16-29)32-9-7-8-10-33(32)36(40)41-37(4,5)6/h7-21,38H,22-24H2,1-6H3. The van der Waals surface area contributed by atoms with Gasteiger partial charge in [0.05, 0.1) is 5.56 Å². The summed E-state index contributed by atoms with van der Waals surface area (Å²) in [5.74, 6) is -0.299. The summed E-state index contributed by atoms with van der Waals surface area (Å²) >= 11 is 0. The molecule has 1 N–H and O–H groups in total. The zero-order valence-corrected chi connectivity index (χ0v) is 25.0. The van der Waals surface area contributed by atoms with E-state index in [9.17, 15) is 4.79 Å². The van der Waals surface area contributed by atoms with Crippen molar-refractivity contribution in [3.8, 4) is 11.1 Å². The zero-order chi connectivity index (χ0) is 29.1. The van der Waals surface area contributed by atoms with Crippen molar-refractivity contribution in [3.05, 3.63) is 130 Å². The van der Waals surface area contributed by atoms with Crippen LogP contribution in [-0.4, -0.2) is 16.1 Å². The second-order valence-electron chi connectivity index (χ2n) is 12.0. The van der Waals surface area contributed by atoms with Gasteiger partial charge >= 0.3 is 5.97 Å². The number of nitrogens with zero attached hydrogens (tertiary/aromatic N) is 1. The average molecular weight is 545 g/mol. The van der Waals surface area contributed by atoms with Gasteiger partial charge in [0.25, 0.3) is 0 Å². The molecule has 210 valence electrons. The van der Waals surface area contributed by atoms with Gasteiger partial charge in [-0.1, -0.05) is 78.4 Å². The Labute approximate surface area is 244 Å². The smallest absolute Gasteiger partial charge is 0.339 e. The average Bonchev–Trinajstić information content (AvgIpc) is 3.18. The van der Waals surface area contributed by atoms with Gasteiger partial charge in [-0.2, -0.15) is 0 Å². The van der Waals surface area contributed by atoms with Crippen LogP contribution >= 0.6 is 0 Å². The minimum Gasteiger partial charge on any atom is -0.456 e. The lowest BCUT2D eigenvalue weighted by molar-refractivity contribution is 0.00704. The predicted octanol–water partition coefficient (Wildman–Crippen LogP) is 8.53. The number of benzene rings is 4. The number of aromatic nitrogens is 1. The maximum atomic E-state index is 12.9. The Balaban J connectivity index is 1.32. The van der Waals surface area contributed by atoms with Crippen LogP contribution in [-0.2, 0) is 24.4 Å². The van der Waals surface area contributed by atoms with Crippen LogP contribution < -0.4 is 5.32 Å². The van der Waals surface area contributed by atoms with Crippen LogP contribution in [0, 0.1) is 20.8 Å². The van der Waals surface area contributed by atoms with E-state index in [1.165, 1.54) is 44.4 Å². The van der Waals surface area contributed by atoms with Crippen molar-refractivity contribution < 1.29 is 9.53 Å². The lowest BCUT2D eigenvalue weighted by Gasteiger charge is -2.20. The van der Waals surface area contributed by atoms with Crippen molar-refractivity contribution >= 4 is 16.9 Å². The minimum absolute atomic E-state index is 0.299. The lowest BCUT2D eigenvalue weighted by atomic mass is 9.98. The summed E-state index contributed by atoms with van der Waals surface area (Å²) < 4.78 is 8.05. The summed E-state index contributed by atoms with van der Waals surface area (Å²) in [6, 6.07) is 31.7. The Morgan fingerprint density at radius 2 is 1.41 bits per heavy atom. The Morgan fingerprint density at radius 3 is 2.12 bits per heavy atom. The number of hydrogen-bond donors (Lipinski definition) is 1.